The van der Waals surface area contributed by atoms with Gasteiger partial charge in [-0.3, -0.25) is 9.82 Å². The Hall–Kier alpha value is -2.30. The van der Waals surface area contributed by atoms with Gasteiger partial charge in [0.05, 0.1) is 11.1 Å². The van der Waals surface area contributed by atoms with Crippen molar-refractivity contribution in [2.24, 2.45) is 0 Å². The van der Waals surface area contributed by atoms with Crippen LogP contribution in [0.1, 0.15) is 44.4 Å². The summed E-state index contributed by atoms with van der Waals surface area (Å²) in [4.78, 5) is 10.9. The lowest BCUT2D eigenvalue weighted by Gasteiger charge is -2.47. The molecular formula is C22H21FN2O. The molecule has 0 saturated carbocycles. The van der Waals surface area contributed by atoms with Gasteiger partial charge in [0.2, 0.25) is 5.72 Å². The predicted molar refractivity (Wildman–Crippen MR) is 99.0 cm³/mol. The number of para-hydroxylation sites is 1. The normalized spacial score (nSPS) is 27.7. The van der Waals surface area contributed by atoms with E-state index < -0.39 is 5.72 Å². The van der Waals surface area contributed by atoms with Crippen molar-refractivity contribution in [3.63, 3.8) is 0 Å². The van der Waals surface area contributed by atoms with Crippen molar-refractivity contribution >= 4 is 10.9 Å². The maximum absolute atomic E-state index is 14.1. The first kappa shape index (κ1) is 15.9. The lowest BCUT2D eigenvalue weighted by atomic mass is 9.64. The number of rotatable bonds is 1. The summed E-state index contributed by atoms with van der Waals surface area (Å²) in [6.45, 7) is 8.60. The quantitative estimate of drug-likeness (QED) is 0.586. The number of hydroxylamine groups is 2. The third-order valence-corrected chi connectivity index (χ3v) is 6.52. The molecule has 2 aliphatic heterocycles. The second-order valence-corrected chi connectivity index (χ2v) is 8.32. The van der Waals surface area contributed by atoms with Gasteiger partial charge in [0.15, 0.2) is 0 Å². The zero-order chi connectivity index (χ0) is 18.3. The summed E-state index contributed by atoms with van der Waals surface area (Å²) in [7, 11) is 0. The van der Waals surface area contributed by atoms with Crippen LogP contribution in [0.2, 0.25) is 0 Å². The maximum Gasteiger partial charge on any atom is 0.218 e. The van der Waals surface area contributed by atoms with Crippen molar-refractivity contribution in [3.05, 3.63) is 77.2 Å². The van der Waals surface area contributed by atoms with Gasteiger partial charge in [0.1, 0.15) is 5.82 Å². The van der Waals surface area contributed by atoms with Crippen LogP contribution in [0, 0.1) is 5.82 Å². The van der Waals surface area contributed by atoms with Crippen molar-refractivity contribution in [1.29, 1.82) is 0 Å². The largest absolute Gasteiger partial charge is 0.260 e. The van der Waals surface area contributed by atoms with Crippen LogP contribution < -0.4 is 0 Å². The Morgan fingerprint density at radius 2 is 1.73 bits per heavy atom. The fourth-order valence-corrected chi connectivity index (χ4v) is 4.27. The molecule has 1 fully saturated rings. The van der Waals surface area contributed by atoms with E-state index in [0.29, 0.717) is 0 Å². The van der Waals surface area contributed by atoms with E-state index in [0.717, 1.165) is 27.6 Å². The highest BCUT2D eigenvalue weighted by molar-refractivity contribution is 5.79. The van der Waals surface area contributed by atoms with Crippen LogP contribution in [0.4, 0.5) is 4.39 Å². The van der Waals surface area contributed by atoms with Gasteiger partial charge in [0.25, 0.3) is 0 Å². The molecule has 2 aliphatic rings. The minimum atomic E-state index is -0.695. The first-order valence-corrected chi connectivity index (χ1v) is 8.94. The van der Waals surface area contributed by atoms with Gasteiger partial charge in [-0.2, -0.15) is 0 Å². The molecule has 3 heterocycles. The lowest BCUT2D eigenvalue weighted by molar-refractivity contribution is 0.0324. The molecule has 4 heteroatoms. The summed E-state index contributed by atoms with van der Waals surface area (Å²) in [5, 5.41) is 3.12. The Morgan fingerprint density at radius 1 is 0.962 bits per heavy atom. The van der Waals surface area contributed by atoms with Gasteiger partial charge >= 0.3 is 0 Å². The molecule has 5 rings (SSSR count). The van der Waals surface area contributed by atoms with Crippen LogP contribution in [0.3, 0.4) is 0 Å². The van der Waals surface area contributed by atoms with E-state index in [1.807, 2.05) is 35.5 Å². The molecule has 2 atom stereocenters. The minimum Gasteiger partial charge on any atom is -0.260 e. The summed E-state index contributed by atoms with van der Waals surface area (Å²) in [5.41, 5.74) is 2.65. The highest BCUT2D eigenvalue weighted by Gasteiger charge is 2.71. The number of pyridine rings is 1. The van der Waals surface area contributed by atoms with Gasteiger partial charge in [0, 0.05) is 28.1 Å². The third kappa shape index (κ3) is 1.76. The van der Waals surface area contributed by atoms with Gasteiger partial charge in [-0.1, -0.05) is 38.1 Å². The highest BCUT2D eigenvalue weighted by Crippen LogP contribution is 2.64. The third-order valence-electron chi connectivity index (χ3n) is 6.52. The zero-order valence-electron chi connectivity index (χ0n) is 15.4. The Bertz CT molecular complexity index is 1060. The van der Waals surface area contributed by atoms with Crippen molar-refractivity contribution in [3.8, 4) is 0 Å². The van der Waals surface area contributed by atoms with Gasteiger partial charge in [-0.15, -0.1) is 5.06 Å². The Morgan fingerprint density at radius 3 is 2.54 bits per heavy atom. The molecule has 0 aliphatic carbocycles. The SMILES string of the molecule is CC1(C)c2cc(F)ccc2C2(c3cnc4ccccc4c3)ON2C1(C)C. The molecule has 0 bridgehead atoms. The van der Waals surface area contributed by atoms with Crippen molar-refractivity contribution in [2.75, 3.05) is 0 Å². The molecule has 0 radical (unpaired) electrons. The Kier molecular flexibility index (Phi) is 2.88. The highest BCUT2D eigenvalue weighted by atomic mass is 19.1. The summed E-state index contributed by atoms with van der Waals surface area (Å²) >= 11 is 0. The van der Waals surface area contributed by atoms with E-state index >= 15 is 0 Å². The second-order valence-electron chi connectivity index (χ2n) is 8.32. The fourth-order valence-electron chi connectivity index (χ4n) is 4.27. The summed E-state index contributed by atoms with van der Waals surface area (Å²) < 4.78 is 14.1. The molecule has 0 N–H and O–H groups in total. The molecule has 0 amide bonds. The molecule has 1 saturated heterocycles. The summed E-state index contributed by atoms with van der Waals surface area (Å²) in [5.74, 6) is -0.214. The number of hydrogen-bond donors (Lipinski definition) is 0. The standard InChI is InChI=1S/C22H21FN2O/c1-20(2)18-12-16(23)9-10-17(18)22(25(26-22)21(20,3)4)15-11-14-7-5-6-8-19(14)24-13-15/h5-13H,1-4H3. The second kappa shape index (κ2) is 4.70. The Balaban J connectivity index is 1.79. The molecule has 1 aromatic heterocycles. The van der Waals surface area contributed by atoms with Crippen LogP contribution in [0.15, 0.2) is 54.7 Å². The van der Waals surface area contributed by atoms with Crippen LogP contribution >= 0.6 is 0 Å². The number of halogens is 1. The molecule has 3 aromatic rings. The number of nitrogens with zero attached hydrogens (tertiary/aromatic N) is 2. The number of aromatic nitrogens is 1. The van der Waals surface area contributed by atoms with Gasteiger partial charge in [-0.25, -0.2) is 4.39 Å². The molecule has 2 unspecified atom stereocenters. The maximum atomic E-state index is 14.1. The Labute approximate surface area is 152 Å². The number of benzene rings is 2. The molecular weight excluding hydrogens is 327 g/mol. The smallest absolute Gasteiger partial charge is 0.218 e. The summed E-state index contributed by atoms with van der Waals surface area (Å²) in [6.07, 6.45) is 1.88. The lowest BCUT2D eigenvalue weighted by Crippen LogP contribution is -2.54. The first-order chi connectivity index (χ1) is 12.3. The molecule has 3 nitrogen and oxygen atoms in total. The van der Waals surface area contributed by atoms with E-state index in [1.54, 1.807) is 6.07 Å². The van der Waals surface area contributed by atoms with E-state index in [4.69, 9.17) is 4.84 Å². The predicted octanol–water partition coefficient (Wildman–Crippen LogP) is 4.89. The average molecular weight is 348 g/mol. The van der Waals surface area contributed by atoms with Crippen molar-refractivity contribution in [1.82, 2.24) is 10.0 Å². The van der Waals surface area contributed by atoms with Crippen LogP contribution in [0.25, 0.3) is 10.9 Å². The number of hydrogen-bond acceptors (Lipinski definition) is 3. The van der Waals surface area contributed by atoms with E-state index in [9.17, 15) is 4.39 Å². The number of fused-ring (bicyclic) bond motifs is 4. The van der Waals surface area contributed by atoms with Crippen LogP contribution in [-0.2, 0) is 16.0 Å². The van der Waals surface area contributed by atoms with Gasteiger partial charge in [-0.05, 0) is 43.7 Å². The zero-order valence-corrected chi connectivity index (χ0v) is 15.4. The van der Waals surface area contributed by atoms with Crippen LogP contribution in [-0.4, -0.2) is 15.6 Å². The molecule has 2 aromatic carbocycles. The van der Waals surface area contributed by atoms with Crippen molar-refractivity contribution < 1.29 is 9.23 Å². The molecule has 0 spiro atoms. The van der Waals surface area contributed by atoms with Crippen molar-refractivity contribution in [2.45, 2.75) is 44.4 Å². The van der Waals surface area contributed by atoms with Gasteiger partial charge < -0.3 is 0 Å². The topological polar surface area (TPSA) is 28.4 Å². The first-order valence-electron chi connectivity index (χ1n) is 8.94. The average Bonchev–Trinajstić information content (AvgIpc) is 3.38. The molecule has 132 valence electrons. The van der Waals surface area contributed by atoms with E-state index in [1.165, 1.54) is 6.07 Å². The monoisotopic (exact) mass is 348 g/mol. The van der Waals surface area contributed by atoms with E-state index in [-0.39, 0.29) is 16.8 Å². The van der Waals surface area contributed by atoms with E-state index in [2.05, 4.69) is 44.8 Å². The minimum absolute atomic E-state index is 0.214. The fraction of sp³-hybridized carbons (Fsp3) is 0.318. The molecule has 26 heavy (non-hydrogen) atoms. The van der Waals surface area contributed by atoms with Crippen LogP contribution in [0.5, 0.6) is 0 Å². The summed E-state index contributed by atoms with van der Waals surface area (Å²) in [6, 6.07) is 15.2.